The van der Waals surface area contributed by atoms with Crippen molar-refractivity contribution in [3.05, 3.63) is 6.92 Å². The third-order valence-corrected chi connectivity index (χ3v) is 2.59. The molecule has 1 fully saturated rings. The van der Waals surface area contributed by atoms with Crippen molar-refractivity contribution < 1.29 is 40.4 Å². The molecule has 1 heteroatoms. The number of rotatable bonds is 1. The summed E-state index contributed by atoms with van der Waals surface area (Å²) in [4.78, 5) is 0. The van der Waals surface area contributed by atoms with Crippen LogP contribution in [0.3, 0.4) is 0 Å². The zero-order valence-electron chi connectivity index (χ0n) is 6.84. The molecule has 2 atom stereocenters. The summed E-state index contributed by atoms with van der Waals surface area (Å²) < 4.78 is 0. The van der Waals surface area contributed by atoms with Gasteiger partial charge in [-0.1, -0.05) is 44.9 Å². The molecule has 59 valence electrons. The monoisotopic (exact) mass is 270 g/mol. The molecule has 1 aliphatic rings. The normalized spacial score (nSPS) is 33.0. The van der Waals surface area contributed by atoms with Gasteiger partial charge in [0.25, 0.3) is 0 Å². The Balaban J connectivity index is 0.000000810. The molecule has 1 aliphatic carbocycles. The van der Waals surface area contributed by atoms with Gasteiger partial charge in [-0.3, -0.25) is 0 Å². The number of hydrogen-bond acceptors (Lipinski definition) is 0. The molecular weight excluding hydrogens is 253 g/mol. The van der Waals surface area contributed by atoms with Crippen LogP contribution in [0.5, 0.6) is 0 Å². The Morgan fingerprint density at radius 3 is 2.30 bits per heavy atom. The molecule has 1 rings (SSSR count). The molecule has 1 radical (unpaired) electrons. The Labute approximate surface area is 97.3 Å². The molecule has 0 bridgehead atoms. The van der Waals surface area contributed by atoms with Crippen molar-refractivity contribution in [2.45, 2.75) is 39.0 Å². The van der Waals surface area contributed by atoms with E-state index in [-0.39, 0.29) is 40.4 Å². The first-order chi connectivity index (χ1) is 4.34. The molecule has 10 heavy (non-hydrogen) atoms. The summed E-state index contributed by atoms with van der Waals surface area (Å²) in [6, 6.07) is 0. The molecule has 0 aromatic rings. The molecular formula is C9H17Pm-. The maximum Gasteiger partial charge on any atom is 0 e. The minimum Gasteiger partial charge on any atom is -0.340 e. The summed E-state index contributed by atoms with van der Waals surface area (Å²) in [6.07, 6.45) is 7.02. The van der Waals surface area contributed by atoms with Crippen molar-refractivity contribution in [1.29, 1.82) is 0 Å². The van der Waals surface area contributed by atoms with Gasteiger partial charge in [0.1, 0.15) is 0 Å². The van der Waals surface area contributed by atoms with Crippen molar-refractivity contribution in [2.24, 2.45) is 11.8 Å². The van der Waals surface area contributed by atoms with Crippen LogP contribution < -0.4 is 0 Å². The fourth-order valence-corrected chi connectivity index (χ4v) is 1.82. The van der Waals surface area contributed by atoms with E-state index in [1.807, 2.05) is 0 Å². The van der Waals surface area contributed by atoms with Crippen LogP contribution in [-0.4, -0.2) is 0 Å². The van der Waals surface area contributed by atoms with Gasteiger partial charge in [-0.05, 0) is 0 Å². The van der Waals surface area contributed by atoms with Gasteiger partial charge in [0.15, 0.2) is 0 Å². The van der Waals surface area contributed by atoms with E-state index in [0.717, 1.165) is 11.8 Å². The van der Waals surface area contributed by atoms with Gasteiger partial charge in [-0.15, -0.1) is 0 Å². The molecule has 0 aromatic heterocycles. The van der Waals surface area contributed by atoms with E-state index >= 15 is 0 Å². The minimum absolute atomic E-state index is 0. The third-order valence-electron chi connectivity index (χ3n) is 2.59. The summed E-state index contributed by atoms with van der Waals surface area (Å²) in [5.74, 6) is 1.71. The van der Waals surface area contributed by atoms with E-state index < -0.39 is 0 Å². The van der Waals surface area contributed by atoms with Gasteiger partial charge in [-0.2, -0.15) is 5.92 Å². The van der Waals surface area contributed by atoms with Gasteiger partial charge < -0.3 is 6.92 Å². The predicted molar refractivity (Wildman–Crippen MR) is 41.1 cm³/mol. The molecule has 0 saturated heterocycles. The van der Waals surface area contributed by atoms with Gasteiger partial charge >= 0.3 is 0 Å². The van der Waals surface area contributed by atoms with Crippen LogP contribution in [0.1, 0.15) is 39.0 Å². The van der Waals surface area contributed by atoms with Gasteiger partial charge in [0, 0.05) is 40.4 Å². The predicted octanol–water partition coefficient (Wildman–Crippen LogP) is 3.04. The molecule has 0 heterocycles. The topological polar surface area (TPSA) is 0 Å². The second-order valence-corrected chi connectivity index (χ2v) is 3.21. The van der Waals surface area contributed by atoms with Crippen LogP contribution in [0.2, 0.25) is 0 Å². The van der Waals surface area contributed by atoms with Crippen molar-refractivity contribution in [1.82, 2.24) is 0 Å². The molecule has 1 saturated carbocycles. The Morgan fingerprint density at radius 1 is 1.30 bits per heavy atom. The molecule has 0 nitrogen and oxygen atoms in total. The Kier molecular flexibility index (Phi) is 6.71. The Hall–Kier alpha value is 1.34. The Bertz CT molecular complexity index is 80.8. The zero-order chi connectivity index (χ0) is 6.69. The molecule has 0 spiro atoms. The fraction of sp³-hybridized carbons (Fsp3) is 0.889. The maximum atomic E-state index is 4.15. The van der Waals surface area contributed by atoms with Crippen LogP contribution in [0.4, 0.5) is 0 Å². The maximum absolute atomic E-state index is 4.15. The molecule has 0 amide bonds. The Morgan fingerprint density at radius 2 is 1.90 bits per heavy atom. The molecule has 0 N–H and O–H groups in total. The van der Waals surface area contributed by atoms with E-state index in [1.165, 1.54) is 32.1 Å². The summed E-state index contributed by atoms with van der Waals surface area (Å²) in [7, 11) is 0. The van der Waals surface area contributed by atoms with Crippen LogP contribution in [-0.2, 0) is 0 Å². The standard InChI is InChI=1S/C9H17.Pm/c1-3-9-7-5-4-6-8(9)2;/h8-9H,2-7H2,1H3;/q-1;. The van der Waals surface area contributed by atoms with Crippen LogP contribution in [0.15, 0.2) is 0 Å². The average Bonchev–Trinajstić information content (AvgIpc) is 1.89. The van der Waals surface area contributed by atoms with Gasteiger partial charge in [-0.25, -0.2) is 0 Å². The minimum atomic E-state index is 0. The molecule has 0 aliphatic heterocycles. The second-order valence-electron chi connectivity index (χ2n) is 3.21. The van der Waals surface area contributed by atoms with Gasteiger partial charge in [0.2, 0.25) is 0 Å². The van der Waals surface area contributed by atoms with Crippen molar-refractivity contribution in [3.8, 4) is 0 Å². The summed E-state index contributed by atoms with van der Waals surface area (Å²) in [5, 5.41) is 0. The molecule has 2 unspecified atom stereocenters. The van der Waals surface area contributed by atoms with Crippen molar-refractivity contribution in [2.75, 3.05) is 0 Å². The van der Waals surface area contributed by atoms with Crippen molar-refractivity contribution in [3.63, 3.8) is 0 Å². The summed E-state index contributed by atoms with van der Waals surface area (Å²) in [5.41, 5.74) is 0. The first kappa shape index (κ1) is 11.3. The van der Waals surface area contributed by atoms with E-state index in [0.29, 0.717) is 0 Å². The average molecular weight is 270 g/mol. The van der Waals surface area contributed by atoms with E-state index in [2.05, 4.69) is 13.8 Å². The van der Waals surface area contributed by atoms with Crippen LogP contribution in [0.25, 0.3) is 0 Å². The van der Waals surface area contributed by atoms with Crippen LogP contribution >= 0.6 is 0 Å². The number of hydrogen-bond donors (Lipinski definition) is 0. The SMILES string of the molecule is [CH2-]C1CCCCC1CC.[Pm]. The fourth-order valence-electron chi connectivity index (χ4n) is 1.82. The van der Waals surface area contributed by atoms with E-state index in [1.54, 1.807) is 0 Å². The van der Waals surface area contributed by atoms with Crippen molar-refractivity contribution >= 4 is 0 Å². The van der Waals surface area contributed by atoms with E-state index in [9.17, 15) is 0 Å². The van der Waals surface area contributed by atoms with Gasteiger partial charge in [0.05, 0.1) is 0 Å². The van der Waals surface area contributed by atoms with Crippen LogP contribution in [0, 0.1) is 59.1 Å². The summed E-state index contributed by atoms with van der Waals surface area (Å²) >= 11 is 0. The summed E-state index contributed by atoms with van der Waals surface area (Å²) in [6.45, 7) is 6.44. The largest absolute Gasteiger partial charge is 0.340 e. The van der Waals surface area contributed by atoms with E-state index in [4.69, 9.17) is 0 Å². The smallest absolute Gasteiger partial charge is 0 e. The second kappa shape index (κ2) is 5.92. The molecule has 0 aromatic carbocycles. The third kappa shape index (κ3) is 3.16. The quantitative estimate of drug-likeness (QED) is 0.642. The first-order valence-electron chi connectivity index (χ1n) is 4.17. The zero-order valence-corrected chi connectivity index (χ0v) is 9.71. The first-order valence-corrected chi connectivity index (χ1v) is 4.17.